The minimum absolute atomic E-state index is 0.740. The van der Waals surface area contributed by atoms with E-state index in [0.717, 1.165) is 27.2 Å². The maximum atomic E-state index is 5.83. The van der Waals surface area contributed by atoms with Crippen molar-refractivity contribution >= 4 is 23.4 Å². The Balaban J connectivity index is 2.17. The number of hydrogen-bond donors (Lipinski definition) is 1. The van der Waals surface area contributed by atoms with Crippen molar-refractivity contribution in [2.45, 2.75) is 5.16 Å². The van der Waals surface area contributed by atoms with Gasteiger partial charge in [-0.1, -0.05) is 41.6 Å². The smallest absolute Gasteiger partial charge is 0.166 e. The Kier molecular flexibility index (Phi) is 3.70. The third kappa shape index (κ3) is 2.68. The Morgan fingerprint density at radius 1 is 1.38 bits per heavy atom. The fourth-order valence-corrected chi connectivity index (χ4v) is 2.00. The highest BCUT2D eigenvalue weighted by Crippen LogP contribution is 2.22. The Bertz CT molecular complexity index is 476. The van der Waals surface area contributed by atoms with Crippen molar-refractivity contribution in [1.82, 2.24) is 9.97 Å². The molecule has 82 valence electrons. The molecule has 2 nitrogen and oxygen atoms in total. The largest absolute Gasteiger partial charge is 0.333 e. The lowest BCUT2D eigenvalue weighted by atomic mass is 10.2. The summed E-state index contributed by atoms with van der Waals surface area (Å²) < 4.78 is 0. The van der Waals surface area contributed by atoms with Crippen LogP contribution in [0.1, 0.15) is 0 Å². The summed E-state index contributed by atoms with van der Waals surface area (Å²) in [7, 11) is 0. The van der Waals surface area contributed by atoms with Gasteiger partial charge in [0.15, 0.2) is 5.16 Å². The molecule has 1 aromatic carbocycles. The van der Waals surface area contributed by atoms with Crippen molar-refractivity contribution in [2.24, 2.45) is 0 Å². The van der Waals surface area contributed by atoms with Crippen LogP contribution in [-0.4, -0.2) is 15.7 Å². The standard InChI is InChI=1S/C12H11ClN2S/c1-2-7-16-12-14-8-11(15-12)9-3-5-10(13)6-4-9/h2-6,8H,1,7H2,(H,14,15). The first-order valence-electron chi connectivity index (χ1n) is 4.84. The van der Waals surface area contributed by atoms with E-state index >= 15 is 0 Å². The molecule has 1 N–H and O–H groups in total. The lowest BCUT2D eigenvalue weighted by Crippen LogP contribution is -1.78. The number of thioether (sulfide) groups is 1. The van der Waals surface area contributed by atoms with Crippen LogP contribution in [0.25, 0.3) is 11.3 Å². The minimum Gasteiger partial charge on any atom is -0.333 e. The number of nitrogens with one attached hydrogen (secondary N) is 1. The molecule has 0 aliphatic rings. The van der Waals surface area contributed by atoms with E-state index in [-0.39, 0.29) is 0 Å². The average molecular weight is 251 g/mol. The molecule has 0 unspecified atom stereocenters. The molecule has 0 fully saturated rings. The zero-order chi connectivity index (χ0) is 11.4. The quantitative estimate of drug-likeness (QED) is 0.656. The number of H-pyrrole nitrogens is 1. The lowest BCUT2D eigenvalue weighted by Gasteiger charge is -1.97. The highest BCUT2D eigenvalue weighted by molar-refractivity contribution is 7.99. The third-order valence-corrected chi connectivity index (χ3v) is 3.18. The summed E-state index contributed by atoms with van der Waals surface area (Å²) in [5.74, 6) is 0.855. The van der Waals surface area contributed by atoms with Gasteiger partial charge in [-0.05, 0) is 17.7 Å². The van der Waals surface area contributed by atoms with Crippen LogP contribution in [0.3, 0.4) is 0 Å². The predicted molar refractivity (Wildman–Crippen MR) is 70.0 cm³/mol. The van der Waals surface area contributed by atoms with Gasteiger partial charge in [-0.25, -0.2) is 4.98 Å². The van der Waals surface area contributed by atoms with E-state index in [2.05, 4.69) is 16.5 Å². The summed E-state index contributed by atoms with van der Waals surface area (Å²) in [5, 5.41) is 1.65. The molecule has 2 aromatic rings. The van der Waals surface area contributed by atoms with E-state index < -0.39 is 0 Å². The second kappa shape index (κ2) is 5.23. The molecule has 0 aliphatic carbocycles. The first-order chi connectivity index (χ1) is 7.79. The zero-order valence-electron chi connectivity index (χ0n) is 8.61. The maximum Gasteiger partial charge on any atom is 0.166 e. The van der Waals surface area contributed by atoms with Crippen molar-refractivity contribution in [1.29, 1.82) is 0 Å². The summed E-state index contributed by atoms with van der Waals surface area (Å²) >= 11 is 7.46. The van der Waals surface area contributed by atoms with Gasteiger partial charge in [0, 0.05) is 10.8 Å². The van der Waals surface area contributed by atoms with E-state index in [1.54, 1.807) is 11.8 Å². The molecular weight excluding hydrogens is 240 g/mol. The maximum absolute atomic E-state index is 5.83. The second-order valence-corrected chi connectivity index (χ2v) is 4.65. The molecule has 0 saturated carbocycles. The molecule has 0 radical (unpaired) electrons. The third-order valence-electron chi connectivity index (χ3n) is 2.05. The molecule has 2 rings (SSSR count). The molecule has 0 bridgehead atoms. The highest BCUT2D eigenvalue weighted by Gasteiger charge is 2.02. The van der Waals surface area contributed by atoms with Gasteiger partial charge in [-0.3, -0.25) is 0 Å². The fraction of sp³-hybridized carbons (Fsp3) is 0.0833. The Labute approximate surface area is 104 Å². The van der Waals surface area contributed by atoms with Crippen molar-refractivity contribution in [3.05, 3.63) is 48.1 Å². The Morgan fingerprint density at radius 2 is 2.12 bits per heavy atom. The van der Waals surface area contributed by atoms with Gasteiger partial charge in [0.2, 0.25) is 0 Å². The number of imidazole rings is 1. The SMILES string of the molecule is C=CCSc1ncc(-c2ccc(Cl)cc2)[nH]1. The molecule has 0 amide bonds. The number of aromatic amines is 1. The second-order valence-electron chi connectivity index (χ2n) is 3.21. The molecule has 16 heavy (non-hydrogen) atoms. The Hall–Kier alpha value is -1.19. The molecular formula is C12H11ClN2S. The average Bonchev–Trinajstić information content (AvgIpc) is 2.76. The molecule has 0 aliphatic heterocycles. The molecule has 0 saturated heterocycles. The van der Waals surface area contributed by atoms with E-state index in [1.165, 1.54) is 0 Å². The number of hydrogen-bond acceptors (Lipinski definition) is 2. The number of benzene rings is 1. The molecule has 0 atom stereocenters. The summed E-state index contributed by atoms with van der Waals surface area (Å²) in [6, 6.07) is 7.68. The first-order valence-corrected chi connectivity index (χ1v) is 6.20. The van der Waals surface area contributed by atoms with E-state index in [0.29, 0.717) is 0 Å². The van der Waals surface area contributed by atoms with Crippen molar-refractivity contribution in [2.75, 3.05) is 5.75 Å². The predicted octanol–water partition coefficient (Wildman–Crippen LogP) is 4.01. The number of aromatic nitrogens is 2. The first kappa shape index (κ1) is 11.3. The van der Waals surface area contributed by atoms with Gasteiger partial charge in [0.25, 0.3) is 0 Å². The van der Waals surface area contributed by atoms with Crippen LogP contribution in [0.4, 0.5) is 0 Å². The van der Waals surface area contributed by atoms with E-state index in [9.17, 15) is 0 Å². The summed E-state index contributed by atoms with van der Waals surface area (Å²) in [4.78, 5) is 7.52. The van der Waals surface area contributed by atoms with Gasteiger partial charge in [0.05, 0.1) is 11.9 Å². The van der Waals surface area contributed by atoms with Gasteiger partial charge in [-0.2, -0.15) is 0 Å². The Morgan fingerprint density at radius 3 is 2.81 bits per heavy atom. The normalized spacial score (nSPS) is 10.3. The summed E-state index contributed by atoms with van der Waals surface area (Å²) in [6.45, 7) is 3.67. The molecule has 1 aromatic heterocycles. The zero-order valence-corrected chi connectivity index (χ0v) is 10.2. The van der Waals surface area contributed by atoms with Crippen LogP contribution >= 0.6 is 23.4 Å². The highest BCUT2D eigenvalue weighted by atomic mass is 35.5. The van der Waals surface area contributed by atoms with Crippen LogP contribution < -0.4 is 0 Å². The lowest BCUT2D eigenvalue weighted by molar-refractivity contribution is 1.06. The van der Waals surface area contributed by atoms with Crippen LogP contribution in [-0.2, 0) is 0 Å². The van der Waals surface area contributed by atoms with Gasteiger partial charge >= 0.3 is 0 Å². The van der Waals surface area contributed by atoms with Gasteiger partial charge < -0.3 is 4.98 Å². The van der Waals surface area contributed by atoms with Crippen LogP contribution in [0.5, 0.6) is 0 Å². The molecule has 1 heterocycles. The van der Waals surface area contributed by atoms with Crippen molar-refractivity contribution < 1.29 is 0 Å². The topological polar surface area (TPSA) is 28.7 Å². The van der Waals surface area contributed by atoms with Gasteiger partial charge in [-0.15, -0.1) is 6.58 Å². The number of rotatable bonds is 4. The number of halogens is 1. The fourth-order valence-electron chi connectivity index (χ4n) is 1.29. The minimum atomic E-state index is 0.740. The van der Waals surface area contributed by atoms with E-state index in [4.69, 9.17) is 11.6 Å². The number of nitrogens with zero attached hydrogens (tertiary/aromatic N) is 1. The van der Waals surface area contributed by atoms with Crippen molar-refractivity contribution in [3.8, 4) is 11.3 Å². The summed E-state index contributed by atoms with van der Waals surface area (Å²) in [5.41, 5.74) is 2.09. The van der Waals surface area contributed by atoms with Crippen molar-refractivity contribution in [3.63, 3.8) is 0 Å². The van der Waals surface area contributed by atoms with Crippen LogP contribution in [0.2, 0.25) is 5.02 Å². The van der Waals surface area contributed by atoms with Gasteiger partial charge in [0.1, 0.15) is 0 Å². The van der Waals surface area contributed by atoms with Crippen LogP contribution in [0, 0.1) is 0 Å². The monoisotopic (exact) mass is 250 g/mol. The molecule has 4 heteroatoms. The van der Waals surface area contributed by atoms with Crippen LogP contribution in [0.15, 0.2) is 48.3 Å². The molecule has 0 spiro atoms. The van der Waals surface area contributed by atoms with E-state index in [1.807, 2.05) is 36.5 Å². The summed E-state index contributed by atoms with van der Waals surface area (Å²) in [6.07, 6.45) is 3.68.